The third-order valence-electron chi connectivity index (χ3n) is 3.18. The lowest BCUT2D eigenvalue weighted by molar-refractivity contribution is 0.102. The number of hydrogen-bond donors (Lipinski definition) is 3. The number of benzene rings is 1. The molecule has 1 heterocycles. The van der Waals surface area contributed by atoms with Crippen molar-refractivity contribution in [3.63, 3.8) is 0 Å². The smallest absolute Gasteiger partial charge is 0.411 e. The van der Waals surface area contributed by atoms with E-state index in [-0.39, 0.29) is 18.2 Å². The second-order valence-corrected chi connectivity index (χ2v) is 5.58. The number of halogens is 1. The zero-order chi connectivity index (χ0) is 17.0. The van der Waals surface area contributed by atoms with E-state index < -0.39 is 6.09 Å². The molecule has 23 heavy (non-hydrogen) atoms. The average Bonchev–Trinajstić information content (AvgIpc) is 2.83. The number of carbonyl (C=O) groups excluding carboxylic acids is 2. The van der Waals surface area contributed by atoms with Crippen LogP contribution in [0.1, 0.15) is 28.7 Å². The van der Waals surface area contributed by atoms with E-state index in [1.54, 1.807) is 32.0 Å². The molecule has 0 saturated carbocycles. The standard InChI is InChI=1S/C15H17BrN4O3/c1-4-23-15(22)18-11-7-5-6-10(8(11)2)17-14(21)13-12(16)9(3)19-20-13/h5-7H,4H2,1-3H3,(H,17,21)(H,18,22)(H,19,20). The Bertz CT molecular complexity index is 742. The molecule has 0 bridgehead atoms. The maximum atomic E-state index is 12.3. The second-order valence-electron chi connectivity index (χ2n) is 4.79. The molecule has 122 valence electrons. The Hall–Kier alpha value is -2.35. The fraction of sp³-hybridized carbons (Fsp3) is 0.267. The number of aryl methyl sites for hydroxylation is 1. The van der Waals surface area contributed by atoms with Gasteiger partial charge in [-0.25, -0.2) is 4.79 Å². The van der Waals surface area contributed by atoms with Crippen LogP contribution in [0.25, 0.3) is 0 Å². The zero-order valence-electron chi connectivity index (χ0n) is 13.0. The summed E-state index contributed by atoms with van der Waals surface area (Å²) in [6.45, 7) is 5.62. The normalized spacial score (nSPS) is 10.3. The minimum absolute atomic E-state index is 0.269. The van der Waals surface area contributed by atoms with E-state index in [9.17, 15) is 9.59 Å². The van der Waals surface area contributed by atoms with E-state index in [1.807, 2.05) is 6.92 Å². The molecule has 2 rings (SSSR count). The monoisotopic (exact) mass is 380 g/mol. The van der Waals surface area contributed by atoms with Gasteiger partial charge in [-0.2, -0.15) is 5.10 Å². The fourth-order valence-corrected chi connectivity index (χ4v) is 2.29. The van der Waals surface area contributed by atoms with Crippen molar-refractivity contribution >= 4 is 39.3 Å². The molecule has 1 aromatic heterocycles. The molecule has 7 nitrogen and oxygen atoms in total. The van der Waals surface area contributed by atoms with Gasteiger partial charge in [0.25, 0.3) is 5.91 Å². The van der Waals surface area contributed by atoms with Crippen molar-refractivity contribution in [1.29, 1.82) is 0 Å². The van der Waals surface area contributed by atoms with E-state index in [1.165, 1.54) is 0 Å². The summed E-state index contributed by atoms with van der Waals surface area (Å²) in [6.07, 6.45) is -0.537. The van der Waals surface area contributed by atoms with Crippen LogP contribution in [0.2, 0.25) is 0 Å². The lowest BCUT2D eigenvalue weighted by Crippen LogP contribution is -2.17. The van der Waals surface area contributed by atoms with Gasteiger partial charge in [0.05, 0.1) is 11.1 Å². The molecule has 0 fully saturated rings. The third-order valence-corrected chi connectivity index (χ3v) is 4.15. The highest BCUT2D eigenvalue weighted by Gasteiger charge is 2.17. The highest BCUT2D eigenvalue weighted by Crippen LogP contribution is 2.25. The van der Waals surface area contributed by atoms with Crippen molar-refractivity contribution in [1.82, 2.24) is 10.2 Å². The van der Waals surface area contributed by atoms with Crippen LogP contribution in [0.4, 0.5) is 16.2 Å². The van der Waals surface area contributed by atoms with Crippen molar-refractivity contribution in [3.05, 3.63) is 39.6 Å². The van der Waals surface area contributed by atoms with Crippen LogP contribution in [-0.2, 0) is 4.74 Å². The van der Waals surface area contributed by atoms with Crippen molar-refractivity contribution in [2.45, 2.75) is 20.8 Å². The van der Waals surface area contributed by atoms with Gasteiger partial charge < -0.3 is 10.1 Å². The third kappa shape index (κ3) is 3.89. The number of aromatic nitrogens is 2. The summed E-state index contributed by atoms with van der Waals surface area (Å²) >= 11 is 3.32. The first-order chi connectivity index (χ1) is 10.9. The van der Waals surface area contributed by atoms with Gasteiger partial charge in [-0.1, -0.05) is 6.07 Å². The minimum Gasteiger partial charge on any atom is -0.450 e. The number of amides is 2. The second kappa shape index (κ2) is 7.28. The van der Waals surface area contributed by atoms with Gasteiger partial charge in [0.2, 0.25) is 0 Å². The van der Waals surface area contributed by atoms with Crippen LogP contribution in [0.5, 0.6) is 0 Å². The summed E-state index contributed by atoms with van der Waals surface area (Å²) in [6, 6.07) is 5.21. The quantitative estimate of drug-likeness (QED) is 0.754. The number of ether oxygens (including phenoxy) is 1. The fourth-order valence-electron chi connectivity index (χ4n) is 1.93. The summed E-state index contributed by atoms with van der Waals surface area (Å²) in [5.41, 5.74) is 2.91. The summed E-state index contributed by atoms with van der Waals surface area (Å²) in [7, 11) is 0. The molecule has 0 unspecified atom stereocenters. The number of H-pyrrole nitrogens is 1. The Balaban J connectivity index is 2.19. The van der Waals surface area contributed by atoms with Crippen LogP contribution in [0.15, 0.2) is 22.7 Å². The highest BCUT2D eigenvalue weighted by molar-refractivity contribution is 9.10. The predicted molar refractivity (Wildman–Crippen MR) is 90.8 cm³/mol. The molecular weight excluding hydrogens is 364 g/mol. The molecule has 2 amide bonds. The Morgan fingerprint density at radius 2 is 1.91 bits per heavy atom. The van der Waals surface area contributed by atoms with Gasteiger partial charge in [-0.05, 0) is 54.4 Å². The van der Waals surface area contributed by atoms with Crippen LogP contribution < -0.4 is 10.6 Å². The largest absolute Gasteiger partial charge is 0.450 e. The molecule has 3 N–H and O–H groups in total. The lowest BCUT2D eigenvalue weighted by atomic mass is 10.1. The molecule has 0 radical (unpaired) electrons. The van der Waals surface area contributed by atoms with Gasteiger partial charge >= 0.3 is 6.09 Å². The number of carbonyl (C=O) groups is 2. The molecule has 0 aliphatic carbocycles. The maximum Gasteiger partial charge on any atom is 0.411 e. The van der Waals surface area contributed by atoms with Crippen LogP contribution >= 0.6 is 15.9 Å². The highest BCUT2D eigenvalue weighted by atomic mass is 79.9. The molecule has 1 aromatic carbocycles. The molecule has 0 spiro atoms. The SMILES string of the molecule is CCOC(=O)Nc1cccc(NC(=O)c2n[nH]c(C)c2Br)c1C. The molecule has 2 aromatic rings. The zero-order valence-corrected chi connectivity index (χ0v) is 14.6. The molecule has 0 aliphatic rings. The van der Waals surface area contributed by atoms with E-state index in [4.69, 9.17) is 4.74 Å². The summed E-state index contributed by atoms with van der Waals surface area (Å²) < 4.78 is 5.47. The van der Waals surface area contributed by atoms with Crippen molar-refractivity contribution < 1.29 is 14.3 Å². The summed E-state index contributed by atoms with van der Waals surface area (Å²) in [4.78, 5) is 23.8. The number of anilines is 2. The lowest BCUT2D eigenvalue weighted by Gasteiger charge is -2.13. The average molecular weight is 381 g/mol. The molecule has 0 saturated heterocycles. The maximum absolute atomic E-state index is 12.3. The molecular formula is C15H17BrN4O3. The summed E-state index contributed by atoms with van der Waals surface area (Å²) in [5, 5.41) is 12.1. The number of rotatable bonds is 4. The van der Waals surface area contributed by atoms with Gasteiger partial charge in [-0.15, -0.1) is 0 Å². The number of aromatic amines is 1. The minimum atomic E-state index is -0.537. The molecule has 0 aliphatic heterocycles. The van der Waals surface area contributed by atoms with Crippen molar-refractivity contribution in [2.24, 2.45) is 0 Å². The number of nitrogens with one attached hydrogen (secondary N) is 3. The Kier molecular flexibility index (Phi) is 5.38. The molecule has 0 atom stereocenters. The van der Waals surface area contributed by atoms with Gasteiger partial charge in [0, 0.05) is 17.1 Å². The Morgan fingerprint density at radius 1 is 1.26 bits per heavy atom. The van der Waals surface area contributed by atoms with Gasteiger partial charge in [0.1, 0.15) is 0 Å². The van der Waals surface area contributed by atoms with E-state index >= 15 is 0 Å². The van der Waals surface area contributed by atoms with Crippen molar-refractivity contribution in [3.8, 4) is 0 Å². The number of nitrogens with zero attached hydrogens (tertiary/aromatic N) is 1. The van der Waals surface area contributed by atoms with Gasteiger partial charge in [-0.3, -0.25) is 15.2 Å². The van der Waals surface area contributed by atoms with Gasteiger partial charge in [0.15, 0.2) is 5.69 Å². The van der Waals surface area contributed by atoms with Crippen LogP contribution in [-0.4, -0.2) is 28.8 Å². The summed E-state index contributed by atoms with van der Waals surface area (Å²) in [5.74, 6) is -0.349. The first-order valence-electron chi connectivity index (χ1n) is 6.99. The number of hydrogen-bond acceptors (Lipinski definition) is 4. The van der Waals surface area contributed by atoms with E-state index in [0.717, 1.165) is 11.3 Å². The first kappa shape index (κ1) is 17.0. The van der Waals surface area contributed by atoms with E-state index in [0.29, 0.717) is 15.8 Å². The van der Waals surface area contributed by atoms with Crippen LogP contribution in [0, 0.1) is 13.8 Å². The van der Waals surface area contributed by atoms with Crippen molar-refractivity contribution in [2.75, 3.05) is 17.2 Å². The Morgan fingerprint density at radius 3 is 2.48 bits per heavy atom. The molecule has 8 heteroatoms. The van der Waals surface area contributed by atoms with E-state index in [2.05, 4.69) is 36.8 Å². The predicted octanol–water partition coefficient (Wildman–Crippen LogP) is 3.61. The first-order valence-corrected chi connectivity index (χ1v) is 7.78. The topological polar surface area (TPSA) is 96.1 Å². The Labute approximate surface area is 141 Å². The van der Waals surface area contributed by atoms with Crippen LogP contribution in [0.3, 0.4) is 0 Å².